The minimum atomic E-state index is -0.309. The molecule has 0 atom stereocenters. The van der Waals surface area contributed by atoms with Gasteiger partial charge in [0.2, 0.25) is 5.91 Å². The van der Waals surface area contributed by atoms with Gasteiger partial charge in [-0.25, -0.2) is 0 Å². The molecule has 2 amide bonds. The molecule has 2 N–H and O–H groups in total. The van der Waals surface area contributed by atoms with Gasteiger partial charge >= 0.3 is 0 Å². The Morgan fingerprint density at radius 3 is 2.63 bits per heavy atom. The summed E-state index contributed by atoms with van der Waals surface area (Å²) >= 11 is 12.2. The van der Waals surface area contributed by atoms with Gasteiger partial charge in [-0.3, -0.25) is 14.6 Å². The molecule has 3 aromatic rings. The van der Waals surface area contributed by atoms with Gasteiger partial charge in [-0.1, -0.05) is 35.3 Å². The molecule has 0 saturated carbocycles. The Balaban J connectivity index is 1.63. The normalized spacial score (nSPS) is 10.4. The molecular formula is C22H19Cl2N3O3. The summed E-state index contributed by atoms with van der Waals surface area (Å²) in [5, 5.41) is 6.51. The second-order valence-electron chi connectivity index (χ2n) is 6.37. The first kappa shape index (κ1) is 21.6. The maximum atomic E-state index is 12.3. The lowest BCUT2D eigenvalue weighted by Crippen LogP contribution is -2.14. The summed E-state index contributed by atoms with van der Waals surface area (Å²) in [6, 6.07) is 13.7. The van der Waals surface area contributed by atoms with E-state index in [1.807, 2.05) is 6.07 Å². The van der Waals surface area contributed by atoms with Crippen molar-refractivity contribution >= 4 is 46.4 Å². The van der Waals surface area contributed by atoms with Crippen LogP contribution in [0.3, 0.4) is 0 Å². The van der Waals surface area contributed by atoms with Gasteiger partial charge < -0.3 is 15.4 Å². The van der Waals surface area contributed by atoms with Crippen molar-refractivity contribution < 1.29 is 14.3 Å². The zero-order valence-electron chi connectivity index (χ0n) is 16.1. The predicted molar refractivity (Wildman–Crippen MR) is 119 cm³/mol. The third-order valence-electron chi connectivity index (χ3n) is 4.31. The van der Waals surface area contributed by atoms with Crippen molar-refractivity contribution in [2.75, 3.05) is 17.7 Å². The number of ether oxygens (including phenoxy) is 1. The van der Waals surface area contributed by atoms with Crippen molar-refractivity contribution in [1.29, 1.82) is 0 Å². The van der Waals surface area contributed by atoms with Crippen LogP contribution in [0, 0.1) is 0 Å². The first-order chi connectivity index (χ1) is 14.5. The first-order valence-corrected chi connectivity index (χ1v) is 9.85. The second-order valence-corrected chi connectivity index (χ2v) is 7.16. The third-order valence-corrected chi connectivity index (χ3v) is 5.17. The van der Waals surface area contributed by atoms with Crippen molar-refractivity contribution in [3.05, 3.63) is 82.1 Å². The van der Waals surface area contributed by atoms with Crippen molar-refractivity contribution in [3.8, 4) is 5.75 Å². The number of aryl methyl sites for hydroxylation is 1. The molecule has 3 rings (SSSR count). The van der Waals surface area contributed by atoms with Gasteiger partial charge in [0, 0.05) is 30.6 Å². The highest BCUT2D eigenvalue weighted by atomic mass is 35.5. The van der Waals surface area contributed by atoms with Crippen molar-refractivity contribution in [2.45, 2.75) is 12.8 Å². The highest BCUT2D eigenvalue weighted by Crippen LogP contribution is 2.29. The van der Waals surface area contributed by atoms with E-state index in [-0.39, 0.29) is 18.2 Å². The van der Waals surface area contributed by atoms with Crippen LogP contribution < -0.4 is 15.4 Å². The summed E-state index contributed by atoms with van der Waals surface area (Å²) in [5.41, 5.74) is 2.27. The minimum absolute atomic E-state index is 0.180. The summed E-state index contributed by atoms with van der Waals surface area (Å²) in [6.07, 6.45) is 3.77. The predicted octanol–water partition coefficient (Wildman–Crippen LogP) is 5.22. The van der Waals surface area contributed by atoms with E-state index in [9.17, 15) is 9.59 Å². The monoisotopic (exact) mass is 443 g/mol. The summed E-state index contributed by atoms with van der Waals surface area (Å²) in [6.45, 7) is 0. The highest BCUT2D eigenvalue weighted by molar-refractivity contribution is 6.42. The molecule has 0 saturated heterocycles. The molecular weight excluding hydrogens is 425 g/mol. The molecule has 1 heterocycles. The van der Waals surface area contributed by atoms with Crippen LogP contribution >= 0.6 is 23.2 Å². The summed E-state index contributed by atoms with van der Waals surface area (Å²) in [7, 11) is 1.49. The van der Waals surface area contributed by atoms with E-state index in [4.69, 9.17) is 27.9 Å². The fourth-order valence-corrected chi connectivity index (χ4v) is 3.19. The molecule has 154 valence electrons. The molecule has 30 heavy (non-hydrogen) atoms. The van der Waals surface area contributed by atoms with E-state index < -0.39 is 0 Å². The Bertz CT molecular complexity index is 1060. The van der Waals surface area contributed by atoms with Gasteiger partial charge in [0.05, 0.1) is 28.4 Å². The Morgan fingerprint density at radius 1 is 1.07 bits per heavy atom. The fourth-order valence-electron chi connectivity index (χ4n) is 2.78. The number of nitrogens with zero attached hydrogens (tertiary/aromatic N) is 1. The number of carbonyl (C=O) groups excluding carboxylic acids is 2. The zero-order valence-corrected chi connectivity index (χ0v) is 17.6. The summed E-state index contributed by atoms with van der Waals surface area (Å²) in [4.78, 5) is 28.6. The quantitative estimate of drug-likeness (QED) is 0.524. The van der Waals surface area contributed by atoms with Crippen LogP contribution in [-0.4, -0.2) is 23.9 Å². The molecule has 0 aliphatic rings. The van der Waals surface area contributed by atoms with E-state index in [1.54, 1.807) is 48.7 Å². The topological polar surface area (TPSA) is 80.3 Å². The molecule has 0 spiro atoms. The minimum Gasteiger partial charge on any atom is -0.494 e. The Kier molecular flexibility index (Phi) is 7.27. The number of amides is 2. The van der Waals surface area contributed by atoms with E-state index >= 15 is 0 Å². The number of pyridine rings is 1. The molecule has 0 fully saturated rings. The van der Waals surface area contributed by atoms with E-state index in [0.717, 1.165) is 5.56 Å². The number of rotatable bonds is 7. The lowest BCUT2D eigenvalue weighted by Gasteiger charge is -2.13. The molecule has 0 bridgehead atoms. The number of methoxy groups -OCH3 is 1. The zero-order chi connectivity index (χ0) is 21.5. The van der Waals surface area contributed by atoms with Gasteiger partial charge in [-0.05, 0) is 42.3 Å². The lowest BCUT2D eigenvalue weighted by atomic mass is 10.1. The maximum Gasteiger partial charge on any atom is 0.257 e. The van der Waals surface area contributed by atoms with E-state index in [0.29, 0.717) is 39.2 Å². The molecule has 0 aliphatic heterocycles. The number of halogens is 2. The largest absolute Gasteiger partial charge is 0.494 e. The van der Waals surface area contributed by atoms with Crippen LogP contribution in [-0.2, 0) is 11.2 Å². The Labute approximate surface area is 184 Å². The number of hydrogen-bond donors (Lipinski definition) is 2. The van der Waals surface area contributed by atoms with Gasteiger partial charge in [-0.15, -0.1) is 0 Å². The average molecular weight is 444 g/mol. The number of aromatic nitrogens is 1. The maximum absolute atomic E-state index is 12.3. The number of carbonyl (C=O) groups is 2. The van der Waals surface area contributed by atoms with Crippen molar-refractivity contribution in [3.63, 3.8) is 0 Å². The second kappa shape index (κ2) is 10.1. The van der Waals surface area contributed by atoms with E-state index in [1.165, 1.54) is 13.3 Å². The fraction of sp³-hybridized carbons (Fsp3) is 0.136. The molecule has 0 radical (unpaired) electrons. The molecule has 2 aromatic carbocycles. The van der Waals surface area contributed by atoms with Gasteiger partial charge in [0.15, 0.2) is 0 Å². The highest BCUT2D eigenvalue weighted by Gasteiger charge is 2.12. The van der Waals surface area contributed by atoms with Crippen LogP contribution in [0.4, 0.5) is 11.4 Å². The van der Waals surface area contributed by atoms with E-state index in [2.05, 4.69) is 15.6 Å². The molecule has 6 nitrogen and oxygen atoms in total. The van der Waals surface area contributed by atoms with Gasteiger partial charge in [-0.2, -0.15) is 0 Å². The van der Waals surface area contributed by atoms with Crippen molar-refractivity contribution in [2.24, 2.45) is 0 Å². The van der Waals surface area contributed by atoms with Gasteiger partial charge in [0.1, 0.15) is 5.75 Å². The molecule has 0 unspecified atom stereocenters. The Hall–Kier alpha value is -3.09. The van der Waals surface area contributed by atoms with Crippen LogP contribution in [0.2, 0.25) is 10.0 Å². The van der Waals surface area contributed by atoms with Crippen LogP contribution in [0.1, 0.15) is 22.3 Å². The average Bonchev–Trinajstić information content (AvgIpc) is 2.76. The smallest absolute Gasteiger partial charge is 0.257 e. The number of hydrogen-bond acceptors (Lipinski definition) is 4. The van der Waals surface area contributed by atoms with Crippen LogP contribution in [0.15, 0.2) is 60.9 Å². The van der Waals surface area contributed by atoms with Crippen LogP contribution in [0.5, 0.6) is 5.75 Å². The molecule has 8 heteroatoms. The van der Waals surface area contributed by atoms with Gasteiger partial charge in [0.25, 0.3) is 5.91 Å². The number of benzene rings is 2. The third kappa shape index (κ3) is 5.49. The van der Waals surface area contributed by atoms with Crippen molar-refractivity contribution in [1.82, 2.24) is 4.98 Å². The SMILES string of the molecule is COc1cc(NC(=O)CCc2cccc(Cl)c2Cl)ccc1NC(=O)c1cccnc1. The molecule has 1 aromatic heterocycles. The first-order valence-electron chi connectivity index (χ1n) is 9.10. The standard InChI is InChI=1S/C22H19Cl2N3O3/c1-30-19-12-16(8-9-18(19)27-22(29)15-5-3-11-25-13-15)26-20(28)10-7-14-4-2-6-17(23)21(14)24/h2-6,8-9,11-13H,7,10H2,1H3,(H,26,28)(H,27,29). The summed E-state index contributed by atoms with van der Waals surface area (Å²) in [5.74, 6) is -0.0697. The summed E-state index contributed by atoms with van der Waals surface area (Å²) < 4.78 is 5.35. The number of nitrogens with one attached hydrogen (secondary N) is 2. The number of anilines is 2. The molecule has 0 aliphatic carbocycles. The lowest BCUT2D eigenvalue weighted by molar-refractivity contribution is -0.116. The Morgan fingerprint density at radius 2 is 1.90 bits per heavy atom. The van der Waals surface area contributed by atoms with Crippen LogP contribution in [0.25, 0.3) is 0 Å².